The van der Waals surface area contributed by atoms with Crippen molar-refractivity contribution in [3.63, 3.8) is 0 Å². The minimum atomic E-state index is -0.213. The average Bonchev–Trinajstić information content (AvgIpc) is 2.33. The topological polar surface area (TPSA) is 68.0 Å². The first-order valence-corrected chi connectivity index (χ1v) is 6.15. The van der Waals surface area contributed by atoms with Crippen LogP contribution in [0.1, 0.15) is 16.1 Å². The highest BCUT2D eigenvalue weighted by atomic mass is 79.9. The van der Waals surface area contributed by atoms with Gasteiger partial charge >= 0.3 is 0 Å². The molecule has 1 aromatic carbocycles. The van der Waals surface area contributed by atoms with E-state index >= 15 is 0 Å². The molecule has 0 aliphatic rings. The number of aromatic nitrogens is 1. The molecule has 0 radical (unpaired) electrons. The van der Waals surface area contributed by atoms with Gasteiger partial charge in [0.2, 0.25) is 0 Å². The van der Waals surface area contributed by atoms with Crippen molar-refractivity contribution in [3.8, 4) is 0 Å². The zero-order chi connectivity index (χ0) is 13.1. The molecule has 0 fully saturated rings. The fraction of sp³-hybridized carbons (Fsp3) is 0.0769. The fourth-order valence-electron chi connectivity index (χ4n) is 1.56. The maximum atomic E-state index is 12.1. The molecule has 0 unspecified atom stereocenters. The summed E-state index contributed by atoms with van der Waals surface area (Å²) in [6, 6.07) is 8.77. The third-order valence-electron chi connectivity index (χ3n) is 2.51. The van der Waals surface area contributed by atoms with E-state index in [0.29, 0.717) is 22.6 Å². The lowest BCUT2D eigenvalue weighted by Gasteiger charge is -2.09. The molecule has 5 heteroatoms. The van der Waals surface area contributed by atoms with Gasteiger partial charge in [0.15, 0.2) is 0 Å². The van der Waals surface area contributed by atoms with Crippen molar-refractivity contribution in [1.29, 1.82) is 0 Å². The van der Waals surface area contributed by atoms with Crippen LogP contribution in [-0.4, -0.2) is 10.9 Å². The van der Waals surface area contributed by atoms with Crippen LogP contribution < -0.4 is 11.1 Å². The number of carbonyl (C=O) groups is 1. The Kier molecular flexibility index (Phi) is 3.62. The van der Waals surface area contributed by atoms with Crippen molar-refractivity contribution >= 4 is 33.2 Å². The second-order valence-electron chi connectivity index (χ2n) is 3.82. The van der Waals surface area contributed by atoms with Gasteiger partial charge in [-0.25, -0.2) is 0 Å². The summed E-state index contributed by atoms with van der Waals surface area (Å²) in [6.07, 6.45) is 1.65. The lowest BCUT2D eigenvalue weighted by molar-refractivity contribution is 0.102. The number of aryl methyl sites for hydroxylation is 1. The smallest absolute Gasteiger partial charge is 0.257 e. The highest BCUT2D eigenvalue weighted by Crippen LogP contribution is 2.23. The summed E-state index contributed by atoms with van der Waals surface area (Å²) in [4.78, 5) is 16.1. The van der Waals surface area contributed by atoms with Crippen molar-refractivity contribution in [3.05, 3.63) is 52.3 Å². The van der Waals surface area contributed by atoms with E-state index in [4.69, 9.17) is 5.73 Å². The predicted molar refractivity (Wildman–Crippen MR) is 75.5 cm³/mol. The normalized spacial score (nSPS) is 10.1. The maximum absolute atomic E-state index is 12.1. The first-order chi connectivity index (χ1) is 8.58. The quantitative estimate of drug-likeness (QED) is 0.838. The molecule has 4 nitrogen and oxygen atoms in total. The zero-order valence-electron chi connectivity index (χ0n) is 9.77. The summed E-state index contributed by atoms with van der Waals surface area (Å²) in [5.74, 6) is -0.213. The van der Waals surface area contributed by atoms with Gasteiger partial charge < -0.3 is 11.1 Å². The van der Waals surface area contributed by atoms with Gasteiger partial charge in [0.25, 0.3) is 5.91 Å². The van der Waals surface area contributed by atoms with Crippen molar-refractivity contribution in [2.24, 2.45) is 0 Å². The summed E-state index contributed by atoms with van der Waals surface area (Å²) in [5, 5.41) is 2.77. The van der Waals surface area contributed by atoms with Crippen LogP contribution in [0.15, 0.2) is 41.0 Å². The Bertz CT molecular complexity index is 599. The monoisotopic (exact) mass is 305 g/mol. The van der Waals surface area contributed by atoms with Crippen LogP contribution in [0.2, 0.25) is 0 Å². The molecule has 3 N–H and O–H groups in total. The lowest BCUT2D eigenvalue weighted by Crippen LogP contribution is -2.15. The molecular weight excluding hydrogens is 294 g/mol. The molecule has 0 spiro atoms. The van der Waals surface area contributed by atoms with Crippen LogP contribution in [-0.2, 0) is 0 Å². The molecule has 0 saturated heterocycles. The first kappa shape index (κ1) is 12.6. The molecule has 1 aromatic heterocycles. The van der Waals surface area contributed by atoms with Gasteiger partial charge in [-0.3, -0.25) is 9.78 Å². The summed E-state index contributed by atoms with van der Waals surface area (Å²) in [6.45, 7) is 1.79. The minimum absolute atomic E-state index is 0.213. The van der Waals surface area contributed by atoms with E-state index in [1.807, 2.05) is 6.07 Å². The zero-order valence-corrected chi connectivity index (χ0v) is 11.4. The number of hydrogen-bond acceptors (Lipinski definition) is 3. The molecule has 18 heavy (non-hydrogen) atoms. The maximum Gasteiger partial charge on any atom is 0.257 e. The van der Waals surface area contributed by atoms with E-state index in [0.717, 1.165) is 4.47 Å². The number of carbonyl (C=O) groups excluding carboxylic acids is 1. The van der Waals surface area contributed by atoms with Crippen LogP contribution in [0.5, 0.6) is 0 Å². The molecule has 92 valence electrons. The number of halogens is 1. The van der Waals surface area contributed by atoms with Gasteiger partial charge in [0.05, 0.1) is 16.9 Å². The molecule has 2 rings (SSSR count). The number of pyridine rings is 1. The molecule has 2 aromatic rings. The Morgan fingerprint density at radius 1 is 1.39 bits per heavy atom. The number of rotatable bonds is 2. The van der Waals surface area contributed by atoms with Gasteiger partial charge in [0.1, 0.15) is 0 Å². The van der Waals surface area contributed by atoms with E-state index < -0.39 is 0 Å². The van der Waals surface area contributed by atoms with Crippen molar-refractivity contribution in [1.82, 2.24) is 4.98 Å². The largest absolute Gasteiger partial charge is 0.397 e. The molecule has 0 atom stereocenters. The van der Waals surface area contributed by atoms with Crippen LogP contribution in [0.25, 0.3) is 0 Å². The van der Waals surface area contributed by atoms with Crippen LogP contribution in [0.3, 0.4) is 0 Å². The third-order valence-corrected chi connectivity index (χ3v) is 3.01. The SMILES string of the molecule is Cc1ncccc1C(=O)Nc1ccc(Br)cc1N. The Hall–Kier alpha value is -1.88. The number of nitrogens with zero attached hydrogens (tertiary/aromatic N) is 1. The molecule has 0 aliphatic carbocycles. The minimum Gasteiger partial charge on any atom is -0.397 e. The lowest BCUT2D eigenvalue weighted by atomic mass is 10.2. The van der Waals surface area contributed by atoms with Crippen LogP contribution in [0.4, 0.5) is 11.4 Å². The number of nitrogens with one attached hydrogen (secondary N) is 1. The predicted octanol–water partition coefficient (Wildman–Crippen LogP) is 2.99. The molecule has 0 aliphatic heterocycles. The van der Waals surface area contributed by atoms with Gasteiger partial charge in [0, 0.05) is 16.4 Å². The number of benzene rings is 1. The van der Waals surface area contributed by atoms with Gasteiger partial charge in [-0.2, -0.15) is 0 Å². The summed E-state index contributed by atoms with van der Waals surface area (Å²) < 4.78 is 0.871. The second-order valence-corrected chi connectivity index (χ2v) is 4.74. The van der Waals surface area contributed by atoms with Crippen LogP contribution >= 0.6 is 15.9 Å². The van der Waals surface area contributed by atoms with Gasteiger partial charge in [-0.15, -0.1) is 0 Å². The Morgan fingerprint density at radius 3 is 2.83 bits per heavy atom. The standard InChI is InChI=1S/C13H12BrN3O/c1-8-10(3-2-6-16-8)13(18)17-12-5-4-9(14)7-11(12)15/h2-7H,15H2,1H3,(H,17,18). The first-order valence-electron chi connectivity index (χ1n) is 5.36. The Labute approximate surface area is 113 Å². The Morgan fingerprint density at radius 2 is 2.17 bits per heavy atom. The van der Waals surface area contributed by atoms with E-state index in [-0.39, 0.29) is 5.91 Å². The van der Waals surface area contributed by atoms with Gasteiger partial charge in [-0.1, -0.05) is 15.9 Å². The molecule has 0 saturated carbocycles. The number of hydrogen-bond donors (Lipinski definition) is 2. The summed E-state index contributed by atoms with van der Waals surface area (Å²) in [5.41, 5.74) is 8.16. The highest BCUT2D eigenvalue weighted by molar-refractivity contribution is 9.10. The van der Waals surface area contributed by atoms with Crippen molar-refractivity contribution in [2.75, 3.05) is 11.1 Å². The highest BCUT2D eigenvalue weighted by Gasteiger charge is 2.10. The van der Waals surface area contributed by atoms with E-state index in [1.165, 1.54) is 0 Å². The van der Waals surface area contributed by atoms with Crippen molar-refractivity contribution in [2.45, 2.75) is 6.92 Å². The number of amides is 1. The number of nitrogen functional groups attached to an aromatic ring is 1. The average molecular weight is 306 g/mol. The number of anilines is 2. The summed E-state index contributed by atoms with van der Waals surface area (Å²) in [7, 11) is 0. The molecular formula is C13H12BrN3O. The fourth-order valence-corrected chi connectivity index (χ4v) is 1.94. The number of nitrogens with two attached hydrogens (primary N) is 1. The molecule has 1 heterocycles. The molecule has 0 bridgehead atoms. The van der Waals surface area contributed by atoms with E-state index in [9.17, 15) is 4.79 Å². The van der Waals surface area contributed by atoms with Crippen molar-refractivity contribution < 1.29 is 4.79 Å². The molecule has 1 amide bonds. The second kappa shape index (κ2) is 5.18. The summed E-state index contributed by atoms with van der Waals surface area (Å²) >= 11 is 3.32. The van der Waals surface area contributed by atoms with Gasteiger partial charge in [-0.05, 0) is 37.3 Å². The van der Waals surface area contributed by atoms with Crippen LogP contribution in [0, 0.1) is 6.92 Å². The van der Waals surface area contributed by atoms with E-state index in [1.54, 1.807) is 37.4 Å². The van der Waals surface area contributed by atoms with E-state index in [2.05, 4.69) is 26.2 Å². The third kappa shape index (κ3) is 2.68. The Balaban J connectivity index is 2.24.